The van der Waals surface area contributed by atoms with E-state index < -0.39 is 17.8 Å². The predicted molar refractivity (Wildman–Crippen MR) is 91.3 cm³/mol. The third-order valence-corrected chi connectivity index (χ3v) is 4.83. The third-order valence-electron chi connectivity index (χ3n) is 4.49. The first-order chi connectivity index (χ1) is 12.0. The second-order valence-electron chi connectivity index (χ2n) is 6.06. The number of carbonyl (C=O) groups is 3. The van der Waals surface area contributed by atoms with Crippen molar-refractivity contribution in [2.75, 3.05) is 45.2 Å². The average Bonchev–Trinajstić information content (AvgIpc) is 2.84. The summed E-state index contributed by atoms with van der Waals surface area (Å²) in [5.41, 5.74) is 0.524. The molecular weight excluding hydrogens is 346 g/mol. The number of likely N-dealkylation sites (N-methyl/N-ethyl adjacent to an activating group) is 1. The van der Waals surface area contributed by atoms with Crippen LogP contribution < -0.4 is 9.80 Å². The largest absolute Gasteiger partial charge is 0.465 e. The van der Waals surface area contributed by atoms with Gasteiger partial charge in [-0.3, -0.25) is 9.59 Å². The Morgan fingerprint density at radius 2 is 1.80 bits per heavy atom. The van der Waals surface area contributed by atoms with Gasteiger partial charge < -0.3 is 14.5 Å². The molecule has 2 aliphatic heterocycles. The second kappa shape index (κ2) is 6.85. The monoisotopic (exact) mass is 364 g/mol. The Morgan fingerprint density at radius 1 is 1.16 bits per heavy atom. The number of quaternary nitrogens is 1. The van der Waals surface area contributed by atoms with Crippen LogP contribution in [0.3, 0.4) is 0 Å². The first-order valence-electron chi connectivity index (χ1n) is 7.98. The Labute approximate surface area is 150 Å². The minimum Gasteiger partial charge on any atom is -0.465 e. The molecule has 0 saturated carbocycles. The number of esters is 1. The number of halogens is 1. The van der Waals surface area contributed by atoms with Gasteiger partial charge in [0, 0.05) is 0 Å². The molecule has 0 aliphatic carbocycles. The number of para-hydroxylation sites is 1. The lowest BCUT2D eigenvalue weighted by Crippen LogP contribution is -3.11. The summed E-state index contributed by atoms with van der Waals surface area (Å²) in [6, 6.07) is 6.32. The Kier molecular flexibility index (Phi) is 4.78. The van der Waals surface area contributed by atoms with E-state index in [1.807, 2.05) is 4.90 Å². The van der Waals surface area contributed by atoms with Gasteiger partial charge in [0.15, 0.2) is 0 Å². The van der Waals surface area contributed by atoms with Crippen molar-refractivity contribution < 1.29 is 24.0 Å². The van der Waals surface area contributed by atoms with Crippen molar-refractivity contribution in [1.29, 1.82) is 0 Å². The van der Waals surface area contributed by atoms with Gasteiger partial charge in [-0.25, -0.2) is 9.69 Å². The van der Waals surface area contributed by atoms with Gasteiger partial charge >= 0.3 is 5.97 Å². The number of hydrogen-bond donors (Lipinski definition) is 1. The van der Waals surface area contributed by atoms with Gasteiger partial charge in [-0.2, -0.15) is 0 Å². The summed E-state index contributed by atoms with van der Waals surface area (Å²) in [5, 5.41) is -0.107. The van der Waals surface area contributed by atoms with Crippen LogP contribution in [0.25, 0.3) is 0 Å². The minimum absolute atomic E-state index is 0.107. The fourth-order valence-electron chi connectivity index (χ4n) is 3.05. The number of anilines is 1. The molecular formula is C17H19ClN3O4+. The van der Waals surface area contributed by atoms with Crippen molar-refractivity contribution in [3.8, 4) is 0 Å². The van der Waals surface area contributed by atoms with Crippen molar-refractivity contribution in [1.82, 2.24) is 4.90 Å². The average molecular weight is 365 g/mol. The van der Waals surface area contributed by atoms with E-state index in [9.17, 15) is 14.4 Å². The fraction of sp³-hybridized carbons (Fsp3) is 0.353. The zero-order valence-electron chi connectivity index (χ0n) is 14.0. The van der Waals surface area contributed by atoms with Crippen LogP contribution in [-0.2, 0) is 14.3 Å². The van der Waals surface area contributed by atoms with Crippen LogP contribution in [0.15, 0.2) is 35.0 Å². The molecule has 1 N–H and O–H groups in total. The maximum absolute atomic E-state index is 12.9. The number of nitrogens with one attached hydrogen (secondary N) is 1. The lowest BCUT2D eigenvalue weighted by molar-refractivity contribution is -0.883. The van der Waals surface area contributed by atoms with E-state index in [0.717, 1.165) is 18.0 Å². The summed E-state index contributed by atoms with van der Waals surface area (Å²) < 4.78 is 4.74. The SMILES string of the molecule is COC(=O)c1ccccc1N1C(=O)C(Cl)=C(N2CC[NH+](C)CC2)C1=O. The highest BCUT2D eigenvalue weighted by molar-refractivity contribution is 6.52. The standard InChI is InChI=1S/C17H18ClN3O4/c1-19-7-9-20(10-8-19)14-13(18)15(22)21(16(14)23)12-6-4-3-5-11(12)17(24)25-2/h3-6H,7-10H2,1-2H3/p+1. The van der Waals surface area contributed by atoms with Crippen molar-refractivity contribution >= 4 is 35.1 Å². The van der Waals surface area contributed by atoms with Crippen molar-refractivity contribution in [3.63, 3.8) is 0 Å². The molecule has 8 heteroatoms. The number of amides is 2. The summed E-state index contributed by atoms with van der Waals surface area (Å²) in [4.78, 5) is 41.7. The molecule has 1 fully saturated rings. The number of methoxy groups -OCH3 is 1. The quantitative estimate of drug-likeness (QED) is 0.585. The van der Waals surface area contributed by atoms with E-state index in [4.69, 9.17) is 16.3 Å². The van der Waals surface area contributed by atoms with Gasteiger partial charge in [0.1, 0.15) is 10.7 Å². The van der Waals surface area contributed by atoms with Gasteiger partial charge in [-0.1, -0.05) is 23.7 Å². The zero-order chi connectivity index (χ0) is 18.1. The van der Waals surface area contributed by atoms with Crippen LogP contribution in [0.5, 0.6) is 0 Å². The normalized spacial score (nSPS) is 19.0. The molecule has 132 valence electrons. The molecule has 3 rings (SSSR count). The Bertz CT molecular complexity index is 769. The molecule has 1 saturated heterocycles. The fourth-order valence-corrected chi connectivity index (χ4v) is 3.33. The number of imide groups is 1. The van der Waals surface area contributed by atoms with Gasteiger partial charge in [0.2, 0.25) is 0 Å². The van der Waals surface area contributed by atoms with Crippen LogP contribution in [-0.4, -0.2) is 63.0 Å². The third kappa shape index (κ3) is 3.01. The number of benzene rings is 1. The summed E-state index contributed by atoms with van der Waals surface area (Å²) in [5.74, 6) is -1.75. The Balaban J connectivity index is 1.96. The van der Waals surface area contributed by atoms with Crippen LogP contribution in [0.2, 0.25) is 0 Å². The predicted octanol–water partition coefficient (Wildman–Crippen LogP) is -0.373. The second-order valence-corrected chi connectivity index (χ2v) is 6.44. The van der Waals surface area contributed by atoms with Gasteiger partial charge in [-0.15, -0.1) is 0 Å². The van der Waals surface area contributed by atoms with Gasteiger partial charge in [-0.05, 0) is 12.1 Å². The first-order valence-corrected chi connectivity index (χ1v) is 8.35. The van der Waals surface area contributed by atoms with Crippen molar-refractivity contribution in [2.24, 2.45) is 0 Å². The number of nitrogens with zero attached hydrogens (tertiary/aromatic N) is 2. The Morgan fingerprint density at radius 3 is 2.44 bits per heavy atom. The topological polar surface area (TPSA) is 71.4 Å². The molecule has 0 unspecified atom stereocenters. The smallest absolute Gasteiger partial charge is 0.339 e. The number of hydrogen-bond acceptors (Lipinski definition) is 5. The van der Waals surface area contributed by atoms with Gasteiger partial charge in [0.05, 0.1) is 51.6 Å². The van der Waals surface area contributed by atoms with E-state index in [1.165, 1.54) is 24.1 Å². The molecule has 25 heavy (non-hydrogen) atoms. The molecule has 0 bridgehead atoms. The van der Waals surface area contributed by atoms with E-state index in [-0.39, 0.29) is 22.0 Å². The van der Waals surface area contributed by atoms with E-state index in [1.54, 1.807) is 12.1 Å². The first kappa shape index (κ1) is 17.4. The molecule has 7 nitrogen and oxygen atoms in total. The minimum atomic E-state index is -0.621. The Hall–Kier alpha value is -2.38. The lowest BCUT2D eigenvalue weighted by Gasteiger charge is -2.32. The molecule has 2 amide bonds. The van der Waals surface area contributed by atoms with Crippen LogP contribution >= 0.6 is 11.6 Å². The molecule has 0 aromatic heterocycles. The van der Waals surface area contributed by atoms with Crippen LogP contribution in [0.4, 0.5) is 5.69 Å². The maximum atomic E-state index is 12.9. The van der Waals surface area contributed by atoms with Crippen LogP contribution in [0.1, 0.15) is 10.4 Å². The number of ether oxygens (including phenoxy) is 1. The van der Waals surface area contributed by atoms with Crippen molar-refractivity contribution in [3.05, 3.63) is 40.6 Å². The van der Waals surface area contributed by atoms with E-state index in [2.05, 4.69) is 7.05 Å². The van der Waals surface area contributed by atoms with Gasteiger partial charge in [0.25, 0.3) is 11.8 Å². The zero-order valence-corrected chi connectivity index (χ0v) is 14.8. The highest BCUT2D eigenvalue weighted by Gasteiger charge is 2.43. The van der Waals surface area contributed by atoms with E-state index in [0.29, 0.717) is 13.1 Å². The maximum Gasteiger partial charge on any atom is 0.339 e. The number of piperazine rings is 1. The highest BCUT2D eigenvalue weighted by Crippen LogP contribution is 2.33. The summed E-state index contributed by atoms with van der Waals surface area (Å²) in [6.45, 7) is 2.99. The molecule has 1 aromatic carbocycles. The number of rotatable bonds is 3. The van der Waals surface area contributed by atoms with Crippen LogP contribution in [0, 0.1) is 0 Å². The van der Waals surface area contributed by atoms with E-state index >= 15 is 0 Å². The molecule has 1 aromatic rings. The number of carbonyl (C=O) groups excluding carboxylic acids is 3. The summed E-state index contributed by atoms with van der Waals surface area (Å²) in [6.07, 6.45) is 0. The molecule has 2 aliphatic rings. The highest BCUT2D eigenvalue weighted by atomic mass is 35.5. The lowest BCUT2D eigenvalue weighted by atomic mass is 10.1. The van der Waals surface area contributed by atoms with Crippen molar-refractivity contribution in [2.45, 2.75) is 0 Å². The summed E-state index contributed by atoms with van der Waals surface area (Å²) in [7, 11) is 3.32. The molecule has 0 spiro atoms. The molecule has 0 atom stereocenters. The summed E-state index contributed by atoms with van der Waals surface area (Å²) >= 11 is 6.21. The molecule has 0 radical (unpaired) electrons. The molecule has 2 heterocycles.